The molecule has 2 atom stereocenters. The molecular formula is C29H28F3N3O5. The Morgan fingerprint density at radius 3 is 2.25 bits per heavy atom. The number of carbonyl (C=O) groups is 1. The Morgan fingerprint density at radius 2 is 1.68 bits per heavy atom. The zero-order valence-electron chi connectivity index (χ0n) is 22.1. The maximum atomic E-state index is 13.1. The Balaban J connectivity index is 1.72. The van der Waals surface area contributed by atoms with E-state index in [1.165, 1.54) is 23.7 Å². The summed E-state index contributed by atoms with van der Waals surface area (Å²) in [4.78, 5) is 24.6. The lowest BCUT2D eigenvalue weighted by atomic mass is 10.1. The van der Waals surface area contributed by atoms with E-state index >= 15 is 0 Å². The van der Waals surface area contributed by atoms with Gasteiger partial charge in [-0.25, -0.2) is 9.59 Å². The van der Waals surface area contributed by atoms with Crippen LogP contribution < -0.4 is 15.2 Å². The largest absolute Gasteiger partial charge is 0.479 e. The van der Waals surface area contributed by atoms with Gasteiger partial charge in [0.1, 0.15) is 11.5 Å². The molecule has 1 N–H and O–H groups in total. The molecule has 0 amide bonds. The number of aliphatic carboxylic acids is 1. The normalized spacial score (nSPS) is 13.1. The Bertz CT molecular complexity index is 1530. The van der Waals surface area contributed by atoms with Gasteiger partial charge < -0.3 is 14.6 Å². The van der Waals surface area contributed by atoms with Crippen LogP contribution in [0.1, 0.15) is 48.9 Å². The van der Waals surface area contributed by atoms with E-state index in [9.17, 15) is 27.9 Å². The van der Waals surface area contributed by atoms with Crippen LogP contribution in [0.15, 0.2) is 77.6 Å². The van der Waals surface area contributed by atoms with Crippen LogP contribution in [0.3, 0.4) is 0 Å². The van der Waals surface area contributed by atoms with Crippen LogP contribution in [0.25, 0.3) is 5.69 Å². The van der Waals surface area contributed by atoms with Crippen LogP contribution in [0.4, 0.5) is 13.2 Å². The number of aromatic nitrogens is 3. The first-order valence-electron chi connectivity index (χ1n) is 12.6. The van der Waals surface area contributed by atoms with Crippen molar-refractivity contribution in [3.8, 4) is 17.2 Å². The Labute approximate surface area is 228 Å². The molecule has 2 unspecified atom stereocenters. The molecular weight excluding hydrogens is 527 g/mol. The summed E-state index contributed by atoms with van der Waals surface area (Å²) < 4.78 is 53.5. The van der Waals surface area contributed by atoms with Gasteiger partial charge in [0.05, 0.1) is 11.3 Å². The number of benzene rings is 3. The average Bonchev–Trinajstić information content (AvgIpc) is 3.24. The molecule has 1 aromatic heterocycles. The molecule has 0 radical (unpaired) electrons. The molecule has 1 heterocycles. The molecule has 11 heteroatoms. The minimum atomic E-state index is -4.51. The summed E-state index contributed by atoms with van der Waals surface area (Å²) in [5.41, 5.74) is 0.194. The van der Waals surface area contributed by atoms with Gasteiger partial charge in [-0.3, -0.25) is 4.57 Å². The number of carboxylic acids is 1. The Kier molecular flexibility index (Phi) is 8.32. The molecule has 0 aliphatic rings. The second-order valence-corrected chi connectivity index (χ2v) is 9.04. The highest BCUT2D eigenvalue weighted by atomic mass is 19.4. The lowest BCUT2D eigenvalue weighted by Crippen LogP contribution is -2.26. The quantitative estimate of drug-likeness (QED) is 0.275. The van der Waals surface area contributed by atoms with E-state index in [-0.39, 0.29) is 11.5 Å². The van der Waals surface area contributed by atoms with Crippen LogP contribution in [-0.4, -0.2) is 31.5 Å². The van der Waals surface area contributed by atoms with Crippen molar-refractivity contribution in [1.82, 2.24) is 14.3 Å². The standard InChI is InChI=1S/C29H28F3N3O5/c1-4-18-17-22(15-16-24(18)40-23(5-2)27(36)37)39-25(19-9-7-6-8-10-19)26-33-35(28(38)34(26)3)21-13-11-20(12-14-21)29(30,31)32/h6-17,23,25H,4-5H2,1-3H3,(H,36,37). The number of halogens is 3. The highest BCUT2D eigenvalue weighted by Gasteiger charge is 2.30. The summed E-state index contributed by atoms with van der Waals surface area (Å²) >= 11 is 0. The summed E-state index contributed by atoms with van der Waals surface area (Å²) in [7, 11) is 1.51. The summed E-state index contributed by atoms with van der Waals surface area (Å²) in [5, 5.41) is 13.8. The van der Waals surface area contributed by atoms with Gasteiger partial charge in [-0.2, -0.15) is 17.9 Å². The highest BCUT2D eigenvalue weighted by molar-refractivity contribution is 5.72. The van der Waals surface area contributed by atoms with Gasteiger partial charge in [0, 0.05) is 12.6 Å². The fourth-order valence-corrected chi connectivity index (χ4v) is 4.16. The predicted octanol–water partition coefficient (Wildman–Crippen LogP) is 5.56. The third-order valence-corrected chi connectivity index (χ3v) is 6.37. The van der Waals surface area contributed by atoms with Crippen LogP contribution >= 0.6 is 0 Å². The Hall–Kier alpha value is -4.54. The minimum absolute atomic E-state index is 0.172. The maximum Gasteiger partial charge on any atom is 0.416 e. The zero-order chi connectivity index (χ0) is 29.0. The summed E-state index contributed by atoms with van der Waals surface area (Å²) in [5.74, 6) is 0.0299. The van der Waals surface area contributed by atoms with Crippen molar-refractivity contribution in [2.45, 2.75) is 45.1 Å². The third-order valence-electron chi connectivity index (χ3n) is 6.37. The van der Waals surface area contributed by atoms with Crippen molar-refractivity contribution in [1.29, 1.82) is 0 Å². The van der Waals surface area contributed by atoms with Gasteiger partial charge in [-0.15, -0.1) is 5.10 Å². The van der Waals surface area contributed by atoms with E-state index in [1.54, 1.807) is 25.1 Å². The molecule has 0 fully saturated rings. The minimum Gasteiger partial charge on any atom is -0.479 e. The first-order valence-corrected chi connectivity index (χ1v) is 12.6. The van der Waals surface area contributed by atoms with Gasteiger partial charge in [0.2, 0.25) is 0 Å². The smallest absolute Gasteiger partial charge is 0.416 e. The lowest BCUT2D eigenvalue weighted by molar-refractivity contribution is -0.145. The van der Waals surface area contributed by atoms with E-state index in [1.807, 2.05) is 37.3 Å². The topological polar surface area (TPSA) is 95.6 Å². The fraction of sp³-hybridized carbons (Fsp3) is 0.276. The number of nitrogens with zero attached hydrogens (tertiary/aromatic N) is 3. The van der Waals surface area contributed by atoms with Gasteiger partial charge in [0.25, 0.3) is 0 Å². The highest BCUT2D eigenvalue weighted by Crippen LogP contribution is 2.32. The van der Waals surface area contributed by atoms with Gasteiger partial charge in [0.15, 0.2) is 18.0 Å². The van der Waals surface area contributed by atoms with Crippen LogP contribution in [-0.2, 0) is 24.4 Å². The van der Waals surface area contributed by atoms with E-state index in [2.05, 4.69) is 5.10 Å². The number of rotatable bonds is 10. The number of alkyl halides is 3. The lowest BCUT2D eigenvalue weighted by Gasteiger charge is -2.21. The molecule has 40 heavy (non-hydrogen) atoms. The fourth-order valence-electron chi connectivity index (χ4n) is 4.16. The van der Waals surface area contributed by atoms with Crippen LogP contribution in [0, 0.1) is 0 Å². The van der Waals surface area contributed by atoms with Crippen LogP contribution in [0.2, 0.25) is 0 Å². The molecule has 0 saturated carbocycles. The van der Waals surface area contributed by atoms with Crippen molar-refractivity contribution in [3.63, 3.8) is 0 Å². The van der Waals surface area contributed by atoms with E-state index < -0.39 is 35.6 Å². The molecule has 0 aliphatic heterocycles. The van der Waals surface area contributed by atoms with Crippen molar-refractivity contribution >= 4 is 5.97 Å². The molecule has 0 spiro atoms. The van der Waals surface area contributed by atoms with Gasteiger partial charge in [-0.1, -0.05) is 44.2 Å². The average molecular weight is 556 g/mol. The predicted molar refractivity (Wildman–Crippen MR) is 141 cm³/mol. The van der Waals surface area contributed by atoms with Crippen molar-refractivity contribution in [2.24, 2.45) is 7.05 Å². The number of ether oxygens (including phenoxy) is 2. The molecule has 3 aromatic carbocycles. The zero-order valence-corrected chi connectivity index (χ0v) is 22.1. The molecule has 4 aromatic rings. The third kappa shape index (κ3) is 6.03. The van der Waals surface area contributed by atoms with Gasteiger partial charge in [-0.05, 0) is 60.9 Å². The van der Waals surface area contributed by atoms with E-state index in [0.29, 0.717) is 29.9 Å². The second kappa shape index (κ2) is 11.7. The van der Waals surface area contributed by atoms with Crippen molar-refractivity contribution < 1.29 is 32.5 Å². The first-order chi connectivity index (χ1) is 19.0. The summed E-state index contributed by atoms with van der Waals surface area (Å²) in [6.45, 7) is 3.62. The second-order valence-electron chi connectivity index (χ2n) is 9.04. The summed E-state index contributed by atoms with van der Waals surface area (Å²) in [6.07, 6.45) is -5.51. The first kappa shape index (κ1) is 28.5. The summed E-state index contributed by atoms with van der Waals surface area (Å²) in [6, 6.07) is 18.2. The molecule has 0 aliphatic carbocycles. The van der Waals surface area contributed by atoms with Gasteiger partial charge >= 0.3 is 17.8 Å². The maximum absolute atomic E-state index is 13.1. The van der Waals surface area contributed by atoms with Crippen LogP contribution in [0.5, 0.6) is 11.5 Å². The molecule has 4 rings (SSSR count). The van der Waals surface area contributed by atoms with Crippen molar-refractivity contribution in [3.05, 3.63) is 106 Å². The molecule has 210 valence electrons. The molecule has 8 nitrogen and oxygen atoms in total. The van der Waals surface area contributed by atoms with Crippen molar-refractivity contribution in [2.75, 3.05) is 0 Å². The number of aryl methyl sites for hydroxylation is 1. The Morgan fingerprint density at radius 1 is 1.00 bits per heavy atom. The number of hydrogen-bond acceptors (Lipinski definition) is 5. The number of carboxylic acid groups (broad SMARTS) is 1. The SMILES string of the molecule is CCc1cc(OC(c2ccccc2)c2nn(-c3ccc(C(F)(F)F)cc3)c(=O)n2C)ccc1OC(CC)C(=O)O. The number of hydrogen-bond donors (Lipinski definition) is 1. The monoisotopic (exact) mass is 555 g/mol. The molecule has 0 saturated heterocycles. The molecule has 0 bridgehead atoms. The van der Waals surface area contributed by atoms with E-state index in [0.717, 1.165) is 22.4 Å². The van der Waals surface area contributed by atoms with E-state index in [4.69, 9.17) is 9.47 Å².